The van der Waals surface area contributed by atoms with Crippen LogP contribution in [0, 0.1) is 5.82 Å². The molecule has 14 heteroatoms. The van der Waals surface area contributed by atoms with Crippen molar-refractivity contribution in [1.82, 2.24) is 9.88 Å². The third-order valence-electron chi connectivity index (χ3n) is 7.70. The lowest BCUT2D eigenvalue weighted by Gasteiger charge is -2.20. The number of aliphatic hydroxyl groups is 2. The molecule has 0 fully saturated rings. The Bertz CT molecular complexity index is 1750. The molecule has 49 heavy (non-hydrogen) atoms. The molecule has 4 aromatic rings. The highest BCUT2D eigenvalue weighted by molar-refractivity contribution is 6.32. The fourth-order valence-corrected chi connectivity index (χ4v) is 5.92. The largest absolute Gasteiger partial charge is 0.573 e. The summed E-state index contributed by atoms with van der Waals surface area (Å²) in [5, 5.41) is 23.7. The molecular weight excluding hydrogens is 670 g/mol. The molecule has 3 aromatic carbocycles. The fourth-order valence-electron chi connectivity index (χ4n) is 5.68. The van der Waals surface area contributed by atoms with Gasteiger partial charge in [-0.2, -0.15) is 5.90 Å². The van der Waals surface area contributed by atoms with Crippen LogP contribution in [0.1, 0.15) is 60.9 Å². The first-order valence-electron chi connectivity index (χ1n) is 15.3. The van der Waals surface area contributed by atoms with Gasteiger partial charge in [0.1, 0.15) is 17.3 Å². The summed E-state index contributed by atoms with van der Waals surface area (Å²) < 4.78 is 58.1. The first kappa shape index (κ1) is 37.4. The number of carbonyl (C=O) groups is 2. The average molecular weight is 706 g/mol. The first-order chi connectivity index (χ1) is 23.2. The van der Waals surface area contributed by atoms with Gasteiger partial charge in [0.15, 0.2) is 0 Å². The van der Waals surface area contributed by atoms with Gasteiger partial charge in [0, 0.05) is 29.4 Å². The zero-order valence-electron chi connectivity index (χ0n) is 26.6. The highest BCUT2D eigenvalue weighted by Gasteiger charge is 2.33. The van der Waals surface area contributed by atoms with Gasteiger partial charge in [-0.3, -0.25) is 9.59 Å². The number of halogens is 5. The number of nitrogens with zero attached hydrogens (tertiary/aromatic N) is 1. The minimum Gasteiger partial charge on any atom is -0.404 e. The van der Waals surface area contributed by atoms with E-state index in [-0.39, 0.29) is 42.6 Å². The van der Waals surface area contributed by atoms with Crippen LogP contribution in [0.3, 0.4) is 0 Å². The minimum absolute atomic E-state index is 0.0919. The quantitative estimate of drug-likeness (QED) is 0.0830. The summed E-state index contributed by atoms with van der Waals surface area (Å²) >= 11 is 6.03. The molecule has 0 aliphatic carbocycles. The van der Waals surface area contributed by atoms with Crippen molar-refractivity contribution in [2.24, 2.45) is 5.90 Å². The number of hydrogen-bond acceptors (Lipinski definition) is 7. The summed E-state index contributed by atoms with van der Waals surface area (Å²) in [7, 11) is 0. The van der Waals surface area contributed by atoms with Gasteiger partial charge in [0.2, 0.25) is 0 Å². The number of nitrogens with two attached hydrogens (primary N) is 1. The summed E-state index contributed by atoms with van der Waals surface area (Å²) in [5.74, 6) is 2.48. The van der Waals surface area contributed by atoms with Crippen molar-refractivity contribution in [3.05, 3.63) is 101 Å². The van der Waals surface area contributed by atoms with E-state index in [0.717, 1.165) is 6.07 Å². The predicted molar refractivity (Wildman–Crippen MR) is 175 cm³/mol. The number of benzene rings is 3. The van der Waals surface area contributed by atoms with E-state index in [1.54, 1.807) is 12.1 Å². The Morgan fingerprint density at radius 1 is 0.959 bits per heavy atom. The number of aliphatic hydroxyl groups excluding tert-OH is 2. The van der Waals surface area contributed by atoms with Crippen LogP contribution in [-0.2, 0) is 22.6 Å². The van der Waals surface area contributed by atoms with Crippen LogP contribution in [0.4, 0.5) is 17.6 Å². The van der Waals surface area contributed by atoms with Crippen molar-refractivity contribution in [3.8, 4) is 28.0 Å². The highest BCUT2D eigenvalue weighted by Crippen LogP contribution is 2.42. The van der Waals surface area contributed by atoms with Crippen molar-refractivity contribution >= 4 is 23.5 Å². The number of hydrogen-bond donors (Lipinski definition) is 4. The van der Waals surface area contributed by atoms with Crippen molar-refractivity contribution in [2.75, 3.05) is 0 Å². The number of amides is 1. The highest BCUT2D eigenvalue weighted by atomic mass is 35.5. The van der Waals surface area contributed by atoms with Crippen LogP contribution in [0.25, 0.3) is 22.3 Å². The van der Waals surface area contributed by atoms with E-state index in [2.05, 4.69) is 14.9 Å². The van der Waals surface area contributed by atoms with E-state index in [1.165, 1.54) is 24.3 Å². The van der Waals surface area contributed by atoms with Gasteiger partial charge in [0.05, 0.1) is 23.7 Å². The molecule has 262 valence electrons. The SMILES string of the molecule is CC(C)n1c(CCC(O)CC(O)CC(=O)ON)c(-c2ccc(F)cc2)c(-c2ccccc2)c1C(=O)NCc1ccc(OC(F)(F)F)c(Cl)c1. The second-order valence-electron chi connectivity index (χ2n) is 11.7. The van der Waals surface area contributed by atoms with Crippen LogP contribution >= 0.6 is 11.6 Å². The average Bonchev–Trinajstić information content (AvgIpc) is 3.39. The fraction of sp³-hybridized carbons (Fsp3) is 0.314. The number of alkyl halides is 3. The lowest BCUT2D eigenvalue weighted by atomic mass is 9.92. The van der Waals surface area contributed by atoms with E-state index < -0.39 is 48.4 Å². The molecule has 0 spiro atoms. The van der Waals surface area contributed by atoms with Gasteiger partial charge in [-0.1, -0.05) is 60.1 Å². The molecule has 0 bridgehead atoms. The number of aromatic nitrogens is 1. The lowest BCUT2D eigenvalue weighted by molar-refractivity contribution is -0.274. The maximum atomic E-state index is 14.2. The third-order valence-corrected chi connectivity index (χ3v) is 8.00. The first-order valence-corrected chi connectivity index (χ1v) is 15.7. The predicted octanol–water partition coefficient (Wildman–Crippen LogP) is 6.88. The Morgan fingerprint density at radius 2 is 1.61 bits per heavy atom. The Balaban J connectivity index is 1.78. The van der Waals surface area contributed by atoms with Crippen molar-refractivity contribution in [3.63, 3.8) is 0 Å². The standard InChI is InChI=1S/C35H36ClF4N3O6/c1-20(2)43-28(14-13-25(44)17-26(45)18-30(46)49-41)31(23-9-11-24(37)12-10-23)32(22-6-4-3-5-7-22)33(43)34(47)42-19-21-8-15-29(27(36)16-21)48-35(38,39)40/h3-12,15-16,20,25-26,44-45H,13-14,17-19,41H2,1-2H3,(H,42,47). The van der Waals surface area contributed by atoms with Crippen LogP contribution in [0.15, 0.2) is 72.8 Å². The molecular formula is C35H36ClF4N3O6. The van der Waals surface area contributed by atoms with E-state index >= 15 is 0 Å². The van der Waals surface area contributed by atoms with Gasteiger partial charge < -0.3 is 29.7 Å². The molecule has 1 aromatic heterocycles. The maximum absolute atomic E-state index is 14.2. The van der Waals surface area contributed by atoms with Gasteiger partial charge in [-0.05, 0) is 74.1 Å². The molecule has 0 aliphatic heterocycles. The Hall–Kier alpha value is -4.43. The molecule has 0 aliphatic rings. The van der Waals surface area contributed by atoms with Crippen molar-refractivity contribution in [1.29, 1.82) is 0 Å². The van der Waals surface area contributed by atoms with E-state index in [0.29, 0.717) is 33.5 Å². The second-order valence-corrected chi connectivity index (χ2v) is 12.1. The Kier molecular flexibility index (Phi) is 12.4. The number of ether oxygens (including phenoxy) is 1. The van der Waals surface area contributed by atoms with Crippen LogP contribution in [-0.4, -0.2) is 45.2 Å². The van der Waals surface area contributed by atoms with Gasteiger partial charge in [-0.25, -0.2) is 4.39 Å². The zero-order valence-corrected chi connectivity index (χ0v) is 27.4. The molecule has 1 heterocycles. The smallest absolute Gasteiger partial charge is 0.404 e. The number of nitrogens with one attached hydrogen (secondary N) is 1. The van der Waals surface area contributed by atoms with Gasteiger partial charge in [-0.15, -0.1) is 13.2 Å². The summed E-state index contributed by atoms with van der Waals surface area (Å²) in [6.07, 6.45) is -7.39. The molecule has 2 unspecified atom stereocenters. The number of carbonyl (C=O) groups excluding carboxylic acids is 2. The lowest BCUT2D eigenvalue weighted by Crippen LogP contribution is -2.27. The molecule has 0 saturated heterocycles. The zero-order chi connectivity index (χ0) is 35.9. The van der Waals surface area contributed by atoms with Gasteiger partial charge in [0.25, 0.3) is 5.91 Å². The van der Waals surface area contributed by atoms with E-state index in [9.17, 15) is 37.4 Å². The number of rotatable bonds is 14. The van der Waals surface area contributed by atoms with E-state index in [1.807, 2.05) is 48.7 Å². The van der Waals surface area contributed by atoms with Crippen LogP contribution in [0.5, 0.6) is 5.75 Å². The molecule has 4 rings (SSSR count). The molecule has 1 amide bonds. The summed E-state index contributed by atoms with van der Waals surface area (Å²) in [6, 6.07) is 18.3. The molecule has 0 saturated carbocycles. The molecule has 0 radical (unpaired) electrons. The Labute approximate surface area is 285 Å². The maximum Gasteiger partial charge on any atom is 0.573 e. The van der Waals surface area contributed by atoms with E-state index in [4.69, 9.17) is 17.5 Å². The summed E-state index contributed by atoms with van der Waals surface area (Å²) in [6.45, 7) is 3.66. The normalized spacial score (nSPS) is 12.9. The minimum atomic E-state index is -4.93. The third kappa shape index (κ3) is 9.82. The van der Waals surface area contributed by atoms with Crippen molar-refractivity contribution < 1.29 is 46.9 Å². The Morgan fingerprint density at radius 3 is 2.20 bits per heavy atom. The van der Waals surface area contributed by atoms with Crippen molar-refractivity contribution in [2.45, 2.75) is 70.7 Å². The summed E-state index contributed by atoms with van der Waals surface area (Å²) in [4.78, 5) is 29.8. The van der Waals surface area contributed by atoms with Gasteiger partial charge >= 0.3 is 12.3 Å². The second kappa shape index (κ2) is 16.3. The molecule has 5 N–H and O–H groups in total. The molecule has 2 atom stereocenters. The summed E-state index contributed by atoms with van der Waals surface area (Å²) in [5.41, 5.74) is 3.78. The van der Waals surface area contributed by atoms with Crippen LogP contribution in [0.2, 0.25) is 5.02 Å². The molecule has 9 nitrogen and oxygen atoms in total. The topological polar surface area (TPSA) is 136 Å². The monoisotopic (exact) mass is 705 g/mol. The van der Waals surface area contributed by atoms with Crippen LogP contribution < -0.4 is 16.0 Å².